The van der Waals surface area contributed by atoms with Crippen LogP contribution in [0.4, 0.5) is 0 Å². The molecule has 2 saturated carbocycles. The summed E-state index contributed by atoms with van der Waals surface area (Å²) in [6.07, 6.45) is 10.6. The minimum Gasteiger partial charge on any atom is -0.342 e. The highest BCUT2D eigenvalue weighted by molar-refractivity contribution is 6.00. The van der Waals surface area contributed by atoms with Gasteiger partial charge in [0.15, 0.2) is 0 Å². The predicted octanol–water partition coefficient (Wildman–Crippen LogP) is 2.62. The van der Waals surface area contributed by atoms with Crippen molar-refractivity contribution in [1.29, 1.82) is 0 Å². The average molecular weight is 292 g/mol. The van der Waals surface area contributed by atoms with Crippen molar-refractivity contribution < 1.29 is 9.59 Å². The van der Waals surface area contributed by atoms with Crippen LogP contribution >= 0.6 is 0 Å². The first-order chi connectivity index (χ1) is 10.2. The van der Waals surface area contributed by atoms with Gasteiger partial charge in [-0.25, -0.2) is 0 Å². The van der Waals surface area contributed by atoms with E-state index in [0.29, 0.717) is 5.92 Å². The molecule has 118 valence electrons. The maximum atomic E-state index is 12.9. The number of hydrogen-bond donors (Lipinski definition) is 1. The first kappa shape index (κ1) is 14.9. The first-order valence-corrected chi connectivity index (χ1v) is 8.80. The zero-order valence-corrected chi connectivity index (χ0v) is 13.2. The van der Waals surface area contributed by atoms with E-state index in [9.17, 15) is 9.59 Å². The van der Waals surface area contributed by atoms with Gasteiger partial charge in [0.1, 0.15) is 11.6 Å². The summed E-state index contributed by atoms with van der Waals surface area (Å²) in [7, 11) is 0. The molecule has 0 radical (unpaired) electrons. The highest BCUT2D eigenvalue weighted by Crippen LogP contribution is 2.40. The summed E-state index contributed by atoms with van der Waals surface area (Å²) in [5.74, 6) is 0.917. The molecule has 4 heteroatoms. The second-order valence-electron chi connectivity index (χ2n) is 7.15. The van der Waals surface area contributed by atoms with E-state index < -0.39 is 5.54 Å². The number of nitrogens with one attached hydrogen (secondary N) is 1. The van der Waals surface area contributed by atoms with Crippen LogP contribution in [-0.2, 0) is 9.59 Å². The van der Waals surface area contributed by atoms with Gasteiger partial charge in [-0.15, -0.1) is 0 Å². The SMILES string of the molecule is CCCC1NC(=O)C2(CCCC2)N(CC2CCCC2)C1=O. The van der Waals surface area contributed by atoms with Crippen LogP contribution in [0.2, 0.25) is 0 Å². The normalized spacial score (nSPS) is 29.4. The van der Waals surface area contributed by atoms with Crippen molar-refractivity contribution in [3.8, 4) is 0 Å². The van der Waals surface area contributed by atoms with Gasteiger partial charge in [0.25, 0.3) is 0 Å². The number of carbonyl (C=O) groups is 2. The van der Waals surface area contributed by atoms with E-state index in [1.54, 1.807) is 0 Å². The number of nitrogens with zero attached hydrogens (tertiary/aromatic N) is 1. The quantitative estimate of drug-likeness (QED) is 0.866. The fourth-order valence-electron chi connectivity index (χ4n) is 4.53. The van der Waals surface area contributed by atoms with Gasteiger partial charge < -0.3 is 10.2 Å². The van der Waals surface area contributed by atoms with Crippen molar-refractivity contribution in [2.45, 2.75) is 82.7 Å². The molecule has 4 nitrogen and oxygen atoms in total. The molecule has 21 heavy (non-hydrogen) atoms. The molecule has 2 aliphatic carbocycles. The Hall–Kier alpha value is -1.06. The van der Waals surface area contributed by atoms with Crippen molar-refractivity contribution in [2.75, 3.05) is 6.54 Å². The van der Waals surface area contributed by atoms with E-state index in [-0.39, 0.29) is 17.9 Å². The second kappa shape index (κ2) is 5.98. The molecule has 0 aromatic carbocycles. The molecule has 1 N–H and O–H groups in total. The van der Waals surface area contributed by atoms with Gasteiger partial charge in [-0.3, -0.25) is 9.59 Å². The maximum Gasteiger partial charge on any atom is 0.246 e. The summed E-state index contributed by atoms with van der Waals surface area (Å²) in [4.78, 5) is 27.7. The van der Waals surface area contributed by atoms with Crippen LogP contribution in [0.5, 0.6) is 0 Å². The van der Waals surface area contributed by atoms with Gasteiger partial charge in [0, 0.05) is 6.54 Å². The number of carbonyl (C=O) groups excluding carboxylic acids is 2. The maximum absolute atomic E-state index is 12.9. The van der Waals surface area contributed by atoms with Crippen LogP contribution < -0.4 is 5.32 Å². The third-order valence-electron chi connectivity index (χ3n) is 5.73. The van der Waals surface area contributed by atoms with Crippen LogP contribution in [0.25, 0.3) is 0 Å². The van der Waals surface area contributed by atoms with Gasteiger partial charge in [0.05, 0.1) is 0 Å². The highest BCUT2D eigenvalue weighted by atomic mass is 16.2. The van der Waals surface area contributed by atoms with E-state index in [1.807, 2.05) is 4.90 Å². The Balaban J connectivity index is 1.83. The lowest BCUT2D eigenvalue weighted by Crippen LogP contribution is -2.70. The van der Waals surface area contributed by atoms with Crippen molar-refractivity contribution in [2.24, 2.45) is 5.92 Å². The lowest BCUT2D eigenvalue weighted by molar-refractivity contribution is -0.158. The molecular formula is C17H28N2O2. The summed E-state index contributed by atoms with van der Waals surface area (Å²) in [6.45, 7) is 2.88. The Morgan fingerprint density at radius 2 is 1.81 bits per heavy atom. The van der Waals surface area contributed by atoms with Crippen molar-refractivity contribution >= 4 is 11.8 Å². The van der Waals surface area contributed by atoms with Gasteiger partial charge in [0.2, 0.25) is 11.8 Å². The third kappa shape index (κ3) is 2.58. The summed E-state index contributed by atoms with van der Waals surface area (Å²) >= 11 is 0. The van der Waals surface area contributed by atoms with E-state index in [2.05, 4.69) is 12.2 Å². The van der Waals surface area contributed by atoms with Crippen LogP contribution in [-0.4, -0.2) is 34.8 Å². The summed E-state index contributed by atoms with van der Waals surface area (Å²) in [5.41, 5.74) is -0.510. The van der Waals surface area contributed by atoms with Crippen LogP contribution in [0, 0.1) is 5.92 Å². The Labute approximate surface area is 127 Å². The molecule has 1 aliphatic heterocycles. The van der Waals surface area contributed by atoms with Gasteiger partial charge in [-0.05, 0) is 38.0 Å². The van der Waals surface area contributed by atoms with E-state index in [1.165, 1.54) is 25.7 Å². The molecule has 0 aromatic rings. The minimum atomic E-state index is -0.510. The Morgan fingerprint density at radius 3 is 2.43 bits per heavy atom. The van der Waals surface area contributed by atoms with E-state index >= 15 is 0 Å². The molecule has 1 unspecified atom stereocenters. The van der Waals surface area contributed by atoms with Crippen molar-refractivity contribution in [3.05, 3.63) is 0 Å². The van der Waals surface area contributed by atoms with Crippen LogP contribution in [0.1, 0.15) is 71.1 Å². The summed E-state index contributed by atoms with van der Waals surface area (Å²) in [5, 5.41) is 3.02. The third-order valence-corrected chi connectivity index (χ3v) is 5.73. The molecule has 3 rings (SSSR count). The number of rotatable bonds is 4. The molecule has 3 fully saturated rings. The monoisotopic (exact) mass is 292 g/mol. The lowest BCUT2D eigenvalue weighted by atomic mass is 9.87. The standard InChI is InChI=1S/C17H28N2O2/c1-2-7-14-15(20)19(12-13-8-3-4-9-13)17(16(21)18-14)10-5-6-11-17/h13-14H,2-12H2,1H3,(H,18,21). The number of hydrogen-bond acceptors (Lipinski definition) is 2. The summed E-state index contributed by atoms with van der Waals surface area (Å²) in [6, 6.07) is -0.282. The van der Waals surface area contributed by atoms with Gasteiger partial charge >= 0.3 is 0 Å². The van der Waals surface area contributed by atoms with Gasteiger partial charge in [-0.2, -0.15) is 0 Å². The van der Waals surface area contributed by atoms with Crippen molar-refractivity contribution in [3.63, 3.8) is 0 Å². The Morgan fingerprint density at radius 1 is 1.14 bits per heavy atom. The minimum absolute atomic E-state index is 0.121. The zero-order chi connectivity index (χ0) is 14.9. The molecule has 0 aromatic heterocycles. The largest absolute Gasteiger partial charge is 0.342 e. The molecule has 3 aliphatic rings. The highest BCUT2D eigenvalue weighted by Gasteiger charge is 2.53. The van der Waals surface area contributed by atoms with Crippen LogP contribution in [0.15, 0.2) is 0 Å². The van der Waals surface area contributed by atoms with Gasteiger partial charge in [-0.1, -0.05) is 39.0 Å². The zero-order valence-electron chi connectivity index (χ0n) is 13.2. The Bertz CT molecular complexity index is 409. The van der Waals surface area contributed by atoms with Crippen molar-refractivity contribution in [1.82, 2.24) is 10.2 Å². The smallest absolute Gasteiger partial charge is 0.246 e. The number of amides is 2. The van der Waals surface area contributed by atoms with Crippen LogP contribution in [0.3, 0.4) is 0 Å². The fourth-order valence-corrected chi connectivity index (χ4v) is 4.53. The lowest BCUT2D eigenvalue weighted by Gasteiger charge is -2.47. The second-order valence-corrected chi connectivity index (χ2v) is 7.15. The fraction of sp³-hybridized carbons (Fsp3) is 0.882. The Kier molecular flexibility index (Phi) is 4.23. The number of piperazine rings is 1. The molecule has 1 spiro atoms. The predicted molar refractivity (Wildman–Crippen MR) is 81.7 cm³/mol. The summed E-state index contributed by atoms with van der Waals surface area (Å²) < 4.78 is 0. The molecule has 1 saturated heterocycles. The molecule has 1 heterocycles. The molecule has 0 bridgehead atoms. The molecule has 1 atom stereocenters. The van der Waals surface area contributed by atoms with E-state index in [0.717, 1.165) is 45.1 Å². The van der Waals surface area contributed by atoms with E-state index in [4.69, 9.17) is 0 Å². The molecular weight excluding hydrogens is 264 g/mol. The first-order valence-electron chi connectivity index (χ1n) is 8.80. The average Bonchev–Trinajstić information content (AvgIpc) is 3.14. The molecule has 2 amide bonds. The topological polar surface area (TPSA) is 49.4 Å².